The van der Waals surface area contributed by atoms with Crippen LogP contribution in [0.5, 0.6) is 5.75 Å². The Kier molecular flexibility index (Phi) is 4.39. The highest BCUT2D eigenvalue weighted by Crippen LogP contribution is 2.12. The number of ether oxygens (including phenoxy) is 1. The number of nitrogens with zero attached hydrogens (tertiary/aromatic N) is 1. The van der Waals surface area contributed by atoms with Crippen molar-refractivity contribution in [3.05, 3.63) is 65.7 Å². The Labute approximate surface area is 112 Å². The fraction of sp³-hybridized carbons (Fsp3) is 0.133. The van der Waals surface area contributed by atoms with E-state index in [9.17, 15) is 0 Å². The Bertz CT molecular complexity index is 536. The Morgan fingerprint density at radius 3 is 2.37 bits per heavy atom. The number of amidine groups is 1. The van der Waals surface area contributed by atoms with E-state index >= 15 is 0 Å². The lowest BCUT2D eigenvalue weighted by molar-refractivity contribution is 0.318. The third kappa shape index (κ3) is 3.74. The molecule has 0 bridgehead atoms. The van der Waals surface area contributed by atoms with E-state index in [0.29, 0.717) is 12.2 Å². The van der Waals surface area contributed by atoms with Crippen molar-refractivity contribution in [1.82, 2.24) is 0 Å². The smallest absolute Gasteiger partial charge is 0.170 e. The normalized spacial score (nSPS) is 11.3. The summed E-state index contributed by atoms with van der Waals surface area (Å²) in [7, 11) is 0. The van der Waals surface area contributed by atoms with Crippen LogP contribution in [-0.2, 0) is 6.42 Å². The van der Waals surface area contributed by atoms with E-state index in [-0.39, 0.29) is 5.84 Å². The number of oxime groups is 1. The van der Waals surface area contributed by atoms with Crippen LogP contribution >= 0.6 is 0 Å². The number of hydrogen-bond donors (Lipinski definition) is 2. The number of nitrogens with two attached hydrogens (primary N) is 1. The summed E-state index contributed by atoms with van der Waals surface area (Å²) < 4.78 is 5.64. The predicted molar refractivity (Wildman–Crippen MR) is 74.6 cm³/mol. The highest BCUT2D eigenvalue weighted by Gasteiger charge is 2.00. The van der Waals surface area contributed by atoms with E-state index < -0.39 is 0 Å². The van der Waals surface area contributed by atoms with Gasteiger partial charge >= 0.3 is 0 Å². The van der Waals surface area contributed by atoms with E-state index in [1.165, 1.54) is 5.56 Å². The number of hydrogen-bond acceptors (Lipinski definition) is 3. The lowest BCUT2D eigenvalue weighted by atomic mass is 10.2. The van der Waals surface area contributed by atoms with E-state index in [0.717, 1.165) is 12.2 Å². The standard InChI is InChI=1S/C15H16N2O2/c16-15(17-18)13-6-8-14(9-7-13)19-11-10-12-4-2-1-3-5-12/h1-9,18H,10-11H2,(H2,16,17). The van der Waals surface area contributed by atoms with Crippen LogP contribution in [0.1, 0.15) is 11.1 Å². The summed E-state index contributed by atoms with van der Waals surface area (Å²) in [4.78, 5) is 0. The number of rotatable bonds is 5. The van der Waals surface area contributed by atoms with Gasteiger partial charge in [-0.25, -0.2) is 0 Å². The minimum atomic E-state index is 0.0934. The van der Waals surface area contributed by atoms with Gasteiger partial charge in [0.2, 0.25) is 0 Å². The first kappa shape index (κ1) is 13.0. The first-order valence-corrected chi connectivity index (χ1v) is 6.04. The maximum absolute atomic E-state index is 8.56. The molecular weight excluding hydrogens is 240 g/mol. The van der Waals surface area contributed by atoms with Gasteiger partial charge in [-0.15, -0.1) is 0 Å². The van der Waals surface area contributed by atoms with Gasteiger partial charge in [-0.1, -0.05) is 35.5 Å². The van der Waals surface area contributed by atoms with E-state index in [2.05, 4.69) is 17.3 Å². The van der Waals surface area contributed by atoms with Crippen molar-refractivity contribution in [2.45, 2.75) is 6.42 Å². The fourth-order valence-corrected chi connectivity index (χ4v) is 1.71. The first-order valence-electron chi connectivity index (χ1n) is 6.04. The largest absolute Gasteiger partial charge is 0.493 e. The lowest BCUT2D eigenvalue weighted by Crippen LogP contribution is -2.12. The van der Waals surface area contributed by atoms with Crippen LogP contribution in [0.3, 0.4) is 0 Å². The molecule has 4 nitrogen and oxygen atoms in total. The Morgan fingerprint density at radius 1 is 1.05 bits per heavy atom. The quantitative estimate of drug-likeness (QED) is 0.373. The Hall–Kier alpha value is -2.49. The summed E-state index contributed by atoms with van der Waals surface area (Å²) in [6, 6.07) is 17.3. The van der Waals surface area contributed by atoms with Crippen molar-refractivity contribution in [3.8, 4) is 5.75 Å². The second-order valence-electron chi connectivity index (χ2n) is 4.09. The van der Waals surface area contributed by atoms with Crippen molar-refractivity contribution >= 4 is 5.84 Å². The molecule has 0 aliphatic carbocycles. The predicted octanol–water partition coefficient (Wildman–Crippen LogP) is 2.40. The maximum atomic E-state index is 8.56. The summed E-state index contributed by atoms with van der Waals surface area (Å²) in [5.74, 6) is 0.862. The van der Waals surface area contributed by atoms with Crippen LogP contribution < -0.4 is 10.5 Å². The van der Waals surface area contributed by atoms with Gasteiger partial charge in [0.05, 0.1) is 6.61 Å². The fourth-order valence-electron chi connectivity index (χ4n) is 1.71. The van der Waals surface area contributed by atoms with Gasteiger partial charge < -0.3 is 15.7 Å². The Balaban J connectivity index is 1.87. The van der Waals surface area contributed by atoms with Crippen LogP contribution in [0.15, 0.2) is 59.8 Å². The van der Waals surface area contributed by atoms with Gasteiger partial charge in [0, 0.05) is 12.0 Å². The van der Waals surface area contributed by atoms with Gasteiger partial charge in [-0.3, -0.25) is 0 Å². The molecule has 3 N–H and O–H groups in total. The minimum Gasteiger partial charge on any atom is -0.493 e. The molecule has 0 aromatic heterocycles. The molecule has 0 atom stereocenters. The molecule has 2 rings (SSSR count). The molecule has 0 heterocycles. The van der Waals surface area contributed by atoms with Gasteiger partial charge in [0.1, 0.15) is 5.75 Å². The van der Waals surface area contributed by atoms with Crippen molar-refractivity contribution in [2.75, 3.05) is 6.61 Å². The molecule has 0 saturated carbocycles. The molecule has 0 radical (unpaired) electrons. The van der Waals surface area contributed by atoms with Crippen LogP contribution in [0.25, 0.3) is 0 Å². The molecule has 98 valence electrons. The van der Waals surface area contributed by atoms with Gasteiger partial charge in [0.25, 0.3) is 0 Å². The summed E-state index contributed by atoms with van der Waals surface area (Å²) in [6.07, 6.45) is 0.864. The highest BCUT2D eigenvalue weighted by atomic mass is 16.5. The average molecular weight is 256 g/mol. The summed E-state index contributed by atoms with van der Waals surface area (Å²) >= 11 is 0. The highest BCUT2D eigenvalue weighted by molar-refractivity contribution is 5.97. The zero-order chi connectivity index (χ0) is 13.5. The third-order valence-corrected chi connectivity index (χ3v) is 2.76. The topological polar surface area (TPSA) is 67.8 Å². The molecule has 0 fully saturated rings. The third-order valence-electron chi connectivity index (χ3n) is 2.76. The summed E-state index contributed by atoms with van der Waals surface area (Å²) in [5, 5.41) is 11.5. The van der Waals surface area contributed by atoms with Crippen molar-refractivity contribution < 1.29 is 9.94 Å². The SMILES string of the molecule is N/C(=N\O)c1ccc(OCCc2ccccc2)cc1. The van der Waals surface area contributed by atoms with Crippen LogP contribution in [0.2, 0.25) is 0 Å². The van der Waals surface area contributed by atoms with E-state index in [1.54, 1.807) is 24.3 Å². The van der Waals surface area contributed by atoms with E-state index in [4.69, 9.17) is 15.7 Å². The van der Waals surface area contributed by atoms with Crippen LogP contribution in [0.4, 0.5) is 0 Å². The molecule has 19 heavy (non-hydrogen) atoms. The van der Waals surface area contributed by atoms with Crippen molar-refractivity contribution in [2.24, 2.45) is 10.9 Å². The Morgan fingerprint density at radius 2 is 1.74 bits per heavy atom. The summed E-state index contributed by atoms with van der Waals surface area (Å²) in [5.41, 5.74) is 7.39. The second kappa shape index (κ2) is 6.44. The number of benzene rings is 2. The zero-order valence-electron chi connectivity index (χ0n) is 10.5. The second-order valence-corrected chi connectivity index (χ2v) is 4.09. The molecule has 2 aromatic carbocycles. The molecular formula is C15H16N2O2. The van der Waals surface area contributed by atoms with Crippen molar-refractivity contribution in [1.29, 1.82) is 0 Å². The average Bonchev–Trinajstić information content (AvgIpc) is 2.48. The van der Waals surface area contributed by atoms with Gasteiger partial charge in [-0.2, -0.15) is 0 Å². The minimum absolute atomic E-state index is 0.0934. The molecule has 0 spiro atoms. The van der Waals surface area contributed by atoms with Crippen LogP contribution in [-0.4, -0.2) is 17.6 Å². The summed E-state index contributed by atoms with van der Waals surface area (Å²) in [6.45, 7) is 0.618. The molecule has 0 saturated heterocycles. The maximum Gasteiger partial charge on any atom is 0.170 e. The van der Waals surface area contributed by atoms with E-state index in [1.807, 2.05) is 18.2 Å². The van der Waals surface area contributed by atoms with Crippen LogP contribution in [0, 0.1) is 0 Å². The van der Waals surface area contributed by atoms with Crippen molar-refractivity contribution in [3.63, 3.8) is 0 Å². The molecule has 0 aliphatic heterocycles. The molecule has 0 amide bonds. The molecule has 4 heteroatoms. The first-order chi connectivity index (χ1) is 9.29. The monoisotopic (exact) mass is 256 g/mol. The lowest BCUT2D eigenvalue weighted by Gasteiger charge is -2.07. The molecule has 0 unspecified atom stereocenters. The van der Waals surface area contributed by atoms with Gasteiger partial charge in [-0.05, 0) is 29.8 Å². The molecule has 2 aromatic rings. The molecule has 0 aliphatic rings. The zero-order valence-corrected chi connectivity index (χ0v) is 10.5. The van der Waals surface area contributed by atoms with Gasteiger partial charge in [0.15, 0.2) is 5.84 Å².